The van der Waals surface area contributed by atoms with E-state index in [2.05, 4.69) is 5.32 Å². The molecule has 0 unspecified atom stereocenters. The summed E-state index contributed by atoms with van der Waals surface area (Å²) in [6, 6.07) is 0. The normalized spacial score (nSPS) is 21.6. The van der Waals surface area contributed by atoms with Crippen molar-refractivity contribution in [2.24, 2.45) is 0 Å². The number of Topliss-reactive ketones (excluding diaryl/α,β-unsaturated/α-hetero) is 1. The van der Waals surface area contributed by atoms with Crippen molar-refractivity contribution in [2.75, 3.05) is 7.05 Å². The van der Waals surface area contributed by atoms with Gasteiger partial charge < -0.3 is 5.32 Å². The van der Waals surface area contributed by atoms with Gasteiger partial charge in [0, 0.05) is 6.42 Å². The highest BCUT2D eigenvalue weighted by atomic mass is 16.1. The molecule has 0 heterocycles. The maximum Gasteiger partial charge on any atom is 0.152 e. The fourth-order valence-electron chi connectivity index (χ4n) is 1.13. The summed E-state index contributed by atoms with van der Waals surface area (Å²) in [7, 11) is 1.86. The Morgan fingerprint density at radius 3 is 2.33 bits per heavy atom. The molecular formula is C7H13NO. The van der Waals surface area contributed by atoms with E-state index in [1.807, 2.05) is 14.0 Å². The van der Waals surface area contributed by atoms with Crippen LogP contribution < -0.4 is 5.32 Å². The standard InChI is InChI=1S/C7H13NO/c1-3-6(9)7(8-2)4-5-7/h8H,3-5H2,1-2H3. The molecular weight excluding hydrogens is 114 g/mol. The lowest BCUT2D eigenvalue weighted by Crippen LogP contribution is -2.35. The molecule has 0 saturated heterocycles. The molecule has 0 bridgehead atoms. The molecule has 1 rings (SSSR count). The van der Waals surface area contributed by atoms with Crippen molar-refractivity contribution in [1.82, 2.24) is 5.32 Å². The highest BCUT2D eigenvalue weighted by Gasteiger charge is 2.46. The van der Waals surface area contributed by atoms with Crippen LogP contribution in [0.25, 0.3) is 0 Å². The van der Waals surface area contributed by atoms with Crippen LogP contribution in [0, 0.1) is 0 Å². The third-order valence-corrected chi connectivity index (χ3v) is 2.08. The fourth-order valence-corrected chi connectivity index (χ4v) is 1.13. The molecule has 0 aromatic carbocycles. The van der Waals surface area contributed by atoms with Gasteiger partial charge in [0.1, 0.15) is 0 Å². The summed E-state index contributed by atoms with van der Waals surface area (Å²) < 4.78 is 0. The van der Waals surface area contributed by atoms with Gasteiger partial charge in [0.15, 0.2) is 5.78 Å². The van der Waals surface area contributed by atoms with Gasteiger partial charge in [-0.05, 0) is 19.9 Å². The van der Waals surface area contributed by atoms with Crippen LogP contribution in [-0.4, -0.2) is 18.4 Å². The highest BCUT2D eigenvalue weighted by Crippen LogP contribution is 2.36. The van der Waals surface area contributed by atoms with Gasteiger partial charge in [-0.1, -0.05) is 6.92 Å². The van der Waals surface area contributed by atoms with Gasteiger partial charge in [-0.2, -0.15) is 0 Å². The third kappa shape index (κ3) is 0.990. The molecule has 0 aromatic heterocycles. The van der Waals surface area contributed by atoms with Gasteiger partial charge in [-0.15, -0.1) is 0 Å². The minimum Gasteiger partial charge on any atom is -0.308 e. The van der Waals surface area contributed by atoms with Crippen LogP contribution in [0.1, 0.15) is 26.2 Å². The number of ketones is 1. The zero-order chi connectivity index (χ0) is 6.91. The van der Waals surface area contributed by atoms with Crippen LogP contribution in [0.4, 0.5) is 0 Å². The van der Waals surface area contributed by atoms with Gasteiger partial charge in [-0.25, -0.2) is 0 Å². The van der Waals surface area contributed by atoms with Crippen molar-refractivity contribution >= 4 is 5.78 Å². The van der Waals surface area contributed by atoms with E-state index in [1.54, 1.807) is 0 Å². The third-order valence-electron chi connectivity index (χ3n) is 2.08. The predicted octanol–water partition coefficient (Wildman–Crippen LogP) is 0.718. The van der Waals surface area contributed by atoms with Crippen molar-refractivity contribution in [3.05, 3.63) is 0 Å². The van der Waals surface area contributed by atoms with Crippen molar-refractivity contribution in [3.8, 4) is 0 Å². The van der Waals surface area contributed by atoms with Gasteiger partial charge in [0.25, 0.3) is 0 Å². The molecule has 1 N–H and O–H groups in total. The summed E-state index contributed by atoms with van der Waals surface area (Å²) in [6.07, 6.45) is 2.74. The van der Waals surface area contributed by atoms with E-state index in [9.17, 15) is 4.79 Å². The molecule has 1 fully saturated rings. The van der Waals surface area contributed by atoms with E-state index in [0.717, 1.165) is 12.8 Å². The Hall–Kier alpha value is -0.370. The minimum atomic E-state index is -0.0885. The Morgan fingerprint density at radius 1 is 1.67 bits per heavy atom. The highest BCUT2D eigenvalue weighted by molar-refractivity contribution is 5.90. The Morgan fingerprint density at radius 2 is 2.22 bits per heavy atom. The molecule has 0 aliphatic heterocycles. The van der Waals surface area contributed by atoms with Gasteiger partial charge >= 0.3 is 0 Å². The summed E-state index contributed by atoms with van der Waals surface area (Å²) in [4.78, 5) is 11.1. The molecule has 1 saturated carbocycles. The van der Waals surface area contributed by atoms with Crippen molar-refractivity contribution in [3.63, 3.8) is 0 Å². The summed E-state index contributed by atoms with van der Waals surface area (Å²) in [6.45, 7) is 1.92. The Kier molecular flexibility index (Phi) is 1.58. The summed E-state index contributed by atoms with van der Waals surface area (Å²) in [5.74, 6) is 0.366. The maximum absolute atomic E-state index is 11.1. The molecule has 52 valence electrons. The zero-order valence-electron chi connectivity index (χ0n) is 6.03. The molecule has 1 aliphatic carbocycles. The number of hydrogen-bond donors (Lipinski definition) is 1. The van der Waals surface area contributed by atoms with Crippen molar-refractivity contribution < 1.29 is 4.79 Å². The van der Waals surface area contributed by atoms with Gasteiger partial charge in [-0.3, -0.25) is 4.79 Å². The number of nitrogens with one attached hydrogen (secondary N) is 1. The van der Waals surface area contributed by atoms with Crippen LogP contribution >= 0.6 is 0 Å². The average molecular weight is 127 g/mol. The predicted molar refractivity (Wildman–Crippen MR) is 36.3 cm³/mol. The molecule has 0 spiro atoms. The number of carbonyl (C=O) groups excluding carboxylic acids is 1. The molecule has 0 atom stereocenters. The van der Waals surface area contributed by atoms with Crippen molar-refractivity contribution in [1.29, 1.82) is 0 Å². The molecule has 2 heteroatoms. The Labute approximate surface area is 55.6 Å². The van der Waals surface area contributed by atoms with E-state index in [0.29, 0.717) is 12.2 Å². The monoisotopic (exact) mass is 127 g/mol. The fraction of sp³-hybridized carbons (Fsp3) is 0.857. The van der Waals surface area contributed by atoms with Gasteiger partial charge in [0.05, 0.1) is 5.54 Å². The molecule has 0 aromatic rings. The van der Waals surface area contributed by atoms with Crippen LogP contribution in [0.5, 0.6) is 0 Å². The molecule has 0 amide bonds. The Bertz CT molecular complexity index is 127. The van der Waals surface area contributed by atoms with Crippen LogP contribution in [-0.2, 0) is 4.79 Å². The summed E-state index contributed by atoms with van der Waals surface area (Å²) >= 11 is 0. The van der Waals surface area contributed by atoms with Crippen molar-refractivity contribution in [2.45, 2.75) is 31.7 Å². The van der Waals surface area contributed by atoms with Crippen LogP contribution in [0.3, 0.4) is 0 Å². The second kappa shape index (κ2) is 2.10. The zero-order valence-corrected chi connectivity index (χ0v) is 6.03. The van der Waals surface area contributed by atoms with E-state index >= 15 is 0 Å². The lowest BCUT2D eigenvalue weighted by Gasteiger charge is -2.09. The molecule has 0 radical (unpaired) electrons. The largest absolute Gasteiger partial charge is 0.308 e. The second-order valence-corrected chi connectivity index (χ2v) is 2.61. The minimum absolute atomic E-state index is 0.0885. The van der Waals surface area contributed by atoms with E-state index in [-0.39, 0.29) is 5.54 Å². The van der Waals surface area contributed by atoms with Crippen LogP contribution in [0.15, 0.2) is 0 Å². The van der Waals surface area contributed by atoms with Crippen LogP contribution in [0.2, 0.25) is 0 Å². The SMILES string of the molecule is CCC(=O)C1(NC)CC1. The molecule has 9 heavy (non-hydrogen) atoms. The Balaban J connectivity index is 2.49. The second-order valence-electron chi connectivity index (χ2n) is 2.61. The first-order valence-corrected chi connectivity index (χ1v) is 3.47. The van der Waals surface area contributed by atoms with E-state index < -0.39 is 0 Å². The first-order chi connectivity index (χ1) is 4.25. The summed E-state index contributed by atoms with van der Waals surface area (Å²) in [5, 5.41) is 3.05. The number of rotatable bonds is 3. The number of hydrogen-bond acceptors (Lipinski definition) is 2. The topological polar surface area (TPSA) is 29.1 Å². The van der Waals surface area contributed by atoms with Gasteiger partial charge in [0.2, 0.25) is 0 Å². The van der Waals surface area contributed by atoms with E-state index in [4.69, 9.17) is 0 Å². The average Bonchev–Trinajstić information content (AvgIpc) is 2.66. The van der Waals surface area contributed by atoms with E-state index in [1.165, 1.54) is 0 Å². The molecule has 1 aliphatic rings. The lowest BCUT2D eigenvalue weighted by atomic mass is 10.1. The summed E-state index contributed by atoms with van der Waals surface area (Å²) in [5.41, 5.74) is -0.0885. The maximum atomic E-state index is 11.1. The first kappa shape index (κ1) is 6.75. The smallest absolute Gasteiger partial charge is 0.152 e. The molecule has 2 nitrogen and oxygen atoms in total. The number of carbonyl (C=O) groups is 1. The number of likely N-dealkylation sites (N-methyl/N-ethyl adjacent to an activating group) is 1. The first-order valence-electron chi connectivity index (χ1n) is 3.47. The lowest BCUT2D eigenvalue weighted by molar-refractivity contribution is -0.121. The quantitative estimate of drug-likeness (QED) is 0.605.